The normalized spacial score (nSPS) is 10.2. The van der Waals surface area contributed by atoms with Gasteiger partial charge in [0.15, 0.2) is 11.5 Å². The quantitative estimate of drug-likeness (QED) is 0.573. The van der Waals surface area contributed by atoms with Gasteiger partial charge in [0, 0.05) is 10.9 Å². The zero-order valence-corrected chi connectivity index (χ0v) is 13.4. The van der Waals surface area contributed by atoms with E-state index in [0.717, 1.165) is 17.3 Å². The van der Waals surface area contributed by atoms with E-state index in [1.54, 1.807) is 19.2 Å². The second kappa shape index (κ2) is 7.84. The van der Waals surface area contributed by atoms with Crippen molar-refractivity contribution in [3.63, 3.8) is 0 Å². The van der Waals surface area contributed by atoms with Crippen molar-refractivity contribution < 1.29 is 14.3 Å². The highest BCUT2D eigenvalue weighted by Gasteiger charge is 2.10. The molecule has 0 aliphatic heterocycles. The molecule has 0 heterocycles. The lowest BCUT2D eigenvalue weighted by Crippen LogP contribution is -2.09. The molecule has 3 nitrogen and oxygen atoms in total. The van der Waals surface area contributed by atoms with Crippen LogP contribution in [0.25, 0.3) is 0 Å². The Labute approximate surface area is 133 Å². The van der Waals surface area contributed by atoms with Gasteiger partial charge >= 0.3 is 5.97 Å². The van der Waals surface area contributed by atoms with Crippen LogP contribution in [-0.2, 0) is 11.2 Å². The molecule has 2 aromatic carbocycles. The number of hydrogen-bond acceptors (Lipinski definition) is 3. The van der Waals surface area contributed by atoms with Crippen LogP contribution in [0.15, 0.2) is 53.0 Å². The van der Waals surface area contributed by atoms with E-state index in [9.17, 15) is 4.79 Å². The van der Waals surface area contributed by atoms with Crippen molar-refractivity contribution in [1.29, 1.82) is 0 Å². The van der Waals surface area contributed by atoms with Crippen molar-refractivity contribution in [3.8, 4) is 11.5 Å². The number of benzene rings is 2. The van der Waals surface area contributed by atoms with Crippen molar-refractivity contribution in [2.24, 2.45) is 0 Å². The van der Waals surface area contributed by atoms with E-state index >= 15 is 0 Å². The van der Waals surface area contributed by atoms with E-state index in [0.29, 0.717) is 17.9 Å². The van der Waals surface area contributed by atoms with Crippen molar-refractivity contribution >= 4 is 21.9 Å². The van der Waals surface area contributed by atoms with Gasteiger partial charge in [0.2, 0.25) is 0 Å². The fourth-order valence-corrected chi connectivity index (χ4v) is 2.33. The first kappa shape index (κ1) is 15.6. The van der Waals surface area contributed by atoms with Crippen molar-refractivity contribution in [2.45, 2.75) is 19.3 Å². The van der Waals surface area contributed by atoms with Gasteiger partial charge in [0.05, 0.1) is 7.11 Å². The van der Waals surface area contributed by atoms with Crippen LogP contribution >= 0.6 is 15.9 Å². The lowest BCUT2D eigenvalue weighted by atomic mass is 10.1. The Hall–Kier alpha value is -1.81. The maximum Gasteiger partial charge on any atom is 0.311 e. The minimum atomic E-state index is -0.248. The number of halogens is 1. The molecule has 0 unspecified atom stereocenters. The first-order valence-electron chi connectivity index (χ1n) is 6.77. The molecule has 0 amide bonds. The molecule has 21 heavy (non-hydrogen) atoms. The molecule has 0 fully saturated rings. The van der Waals surface area contributed by atoms with Crippen LogP contribution in [0.5, 0.6) is 11.5 Å². The van der Waals surface area contributed by atoms with Crippen molar-refractivity contribution in [3.05, 3.63) is 58.6 Å². The molecule has 110 valence electrons. The summed E-state index contributed by atoms with van der Waals surface area (Å²) in [6, 6.07) is 15.4. The summed E-state index contributed by atoms with van der Waals surface area (Å²) in [4.78, 5) is 11.9. The molecule has 2 rings (SSSR count). The molecule has 4 heteroatoms. The van der Waals surface area contributed by atoms with Crippen molar-refractivity contribution in [2.75, 3.05) is 7.11 Å². The zero-order chi connectivity index (χ0) is 15.1. The van der Waals surface area contributed by atoms with E-state index in [4.69, 9.17) is 9.47 Å². The highest BCUT2D eigenvalue weighted by Crippen LogP contribution is 2.30. The smallest absolute Gasteiger partial charge is 0.311 e. The Morgan fingerprint density at radius 2 is 1.86 bits per heavy atom. The monoisotopic (exact) mass is 348 g/mol. The second-order valence-corrected chi connectivity index (χ2v) is 5.52. The number of rotatable bonds is 6. The van der Waals surface area contributed by atoms with Crippen LogP contribution in [0.1, 0.15) is 18.4 Å². The zero-order valence-electron chi connectivity index (χ0n) is 11.8. The minimum Gasteiger partial charge on any atom is -0.493 e. The molecular weight excluding hydrogens is 332 g/mol. The molecule has 0 aromatic heterocycles. The maximum absolute atomic E-state index is 11.9. The predicted molar refractivity (Wildman–Crippen MR) is 85.7 cm³/mol. The number of ether oxygens (including phenoxy) is 2. The number of methoxy groups -OCH3 is 1. The molecule has 0 spiro atoms. The summed E-state index contributed by atoms with van der Waals surface area (Å²) in [5.41, 5.74) is 1.23. The van der Waals surface area contributed by atoms with E-state index in [1.807, 2.05) is 24.3 Å². The standard InChI is InChI=1S/C17H17BrO3/c1-20-15-11-10-14(18)12-16(15)21-17(19)9-5-8-13-6-3-2-4-7-13/h2-4,6-7,10-12H,5,8-9H2,1H3. The van der Waals surface area contributed by atoms with E-state index < -0.39 is 0 Å². The van der Waals surface area contributed by atoms with Crippen LogP contribution in [0.4, 0.5) is 0 Å². The van der Waals surface area contributed by atoms with Gasteiger partial charge in [0.25, 0.3) is 0 Å². The maximum atomic E-state index is 11.9. The first-order chi connectivity index (χ1) is 10.2. The summed E-state index contributed by atoms with van der Waals surface area (Å²) >= 11 is 3.35. The lowest BCUT2D eigenvalue weighted by molar-refractivity contribution is -0.134. The fourth-order valence-electron chi connectivity index (χ4n) is 1.99. The minimum absolute atomic E-state index is 0.248. The average Bonchev–Trinajstić information content (AvgIpc) is 2.48. The lowest BCUT2D eigenvalue weighted by Gasteiger charge is -2.09. The van der Waals surface area contributed by atoms with Crippen LogP contribution in [-0.4, -0.2) is 13.1 Å². The van der Waals surface area contributed by atoms with Gasteiger partial charge in [-0.1, -0.05) is 46.3 Å². The molecule has 0 aliphatic rings. The van der Waals surface area contributed by atoms with Crippen LogP contribution in [0, 0.1) is 0 Å². The number of hydrogen-bond donors (Lipinski definition) is 0. The third-order valence-electron chi connectivity index (χ3n) is 3.04. The molecule has 0 radical (unpaired) electrons. The Morgan fingerprint density at radius 3 is 2.57 bits per heavy atom. The Kier molecular flexibility index (Phi) is 5.81. The van der Waals surface area contributed by atoms with Gasteiger partial charge in [-0.15, -0.1) is 0 Å². The average molecular weight is 349 g/mol. The number of aryl methyl sites for hydroxylation is 1. The van der Waals surface area contributed by atoms with Crippen LogP contribution < -0.4 is 9.47 Å². The Morgan fingerprint density at radius 1 is 1.10 bits per heavy atom. The SMILES string of the molecule is COc1ccc(Br)cc1OC(=O)CCCc1ccccc1. The van der Waals surface area contributed by atoms with Gasteiger partial charge in [-0.25, -0.2) is 0 Å². The molecule has 2 aromatic rings. The van der Waals surface area contributed by atoms with E-state index in [2.05, 4.69) is 28.1 Å². The van der Waals surface area contributed by atoms with Gasteiger partial charge in [-0.05, 0) is 36.6 Å². The van der Waals surface area contributed by atoms with Gasteiger partial charge in [-0.3, -0.25) is 4.79 Å². The first-order valence-corrected chi connectivity index (χ1v) is 7.56. The molecule has 0 bridgehead atoms. The van der Waals surface area contributed by atoms with E-state index in [-0.39, 0.29) is 5.97 Å². The van der Waals surface area contributed by atoms with Crippen LogP contribution in [0.2, 0.25) is 0 Å². The summed E-state index contributed by atoms with van der Waals surface area (Å²) in [7, 11) is 1.55. The highest BCUT2D eigenvalue weighted by molar-refractivity contribution is 9.10. The van der Waals surface area contributed by atoms with Crippen molar-refractivity contribution in [1.82, 2.24) is 0 Å². The number of carbonyl (C=O) groups excluding carboxylic acids is 1. The Bertz CT molecular complexity index is 596. The molecule has 0 saturated carbocycles. The summed E-state index contributed by atoms with van der Waals surface area (Å²) < 4.78 is 11.4. The van der Waals surface area contributed by atoms with Crippen LogP contribution in [0.3, 0.4) is 0 Å². The highest BCUT2D eigenvalue weighted by atomic mass is 79.9. The Balaban J connectivity index is 1.86. The molecule has 0 saturated heterocycles. The van der Waals surface area contributed by atoms with Gasteiger partial charge in [-0.2, -0.15) is 0 Å². The van der Waals surface area contributed by atoms with Gasteiger partial charge < -0.3 is 9.47 Å². The predicted octanol–water partition coefficient (Wildman–Crippen LogP) is 4.39. The fraction of sp³-hybridized carbons (Fsp3) is 0.235. The number of carbonyl (C=O) groups is 1. The van der Waals surface area contributed by atoms with Gasteiger partial charge in [0.1, 0.15) is 0 Å². The molecule has 0 aliphatic carbocycles. The molecular formula is C17H17BrO3. The third-order valence-corrected chi connectivity index (χ3v) is 3.53. The summed E-state index contributed by atoms with van der Waals surface area (Å²) in [6.45, 7) is 0. The summed E-state index contributed by atoms with van der Waals surface area (Å²) in [5.74, 6) is 0.744. The molecule has 0 atom stereocenters. The summed E-state index contributed by atoms with van der Waals surface area (Å²) in [5, 5.41) is 0. The second-order valence-electron chi connectivity index (χ2n) is 4.61. The summed E-state index contributed by atoms with van der Waals surface area (Å²) in [6.07, 6.45) is 2.01. The molecule has 0 N–H and O–H groups in total. The number of esters is 1. The topological polar surface area (TPSA) is 35.5 Å². The third kappa shape index (κ3) is 4.90. The van der Waals surface area contributed by atoms with E-state index in [1.165, 1.54) is 5.56 Å². The largest absolute Gasteiger partial charge is 0.493 e.